The highest BCUT2D eigenvalue weighted by molar-refractivity contribution is 4.87. The maximum absolute atomic E-state index is 5.48. The highest BCUT2D eigenvalue weighted by Crippen LogP contribution is 2.39. The van der Waals surface area contributed by atoms with Gasteiger partial charge in [0, 0.05) is 5.41 Å². The minimum Gasteiger partial charge on any atom is -0.326 e. The van der Waals surface area contributed by atoms with E-state index >= 15 is 0 Å². The Morgan fingerprint density at radius 1 is 1.17 bits per heavy atom. The molecule has 2 bridgehead atoms. The number of hydrogen-bond donors (Lipinski definition) is 1. The Labute approximate surface area is 72.0 Å². The molecule has 0 aromatic heterocycles. The van der Waals surface area contributed by atoms with Crippen molar-refractivity contribution >= 4 is 0 Å². The predicted molar refractivity (Wildman–Crippen MR) is 42.4 cm³/mol. The Hall–Kier alpha value is -0.160. The average molecular weight is 173 g/mol. The van der Waals surface area contributed by atoms with Crippen LogP contribution in [-0.4, -0.2) is 32.3 Å². The van der Waals surface area contributed by atoms with Crippen molar-refractivity contribution in [3.05, 3.63) is 0 Å². The number of hydrogen-bond acceptors (Lipinski definition) is 4. The first-order valence-corrected chi connectivity index (χ1v) is 4.36. The van der Waals surface area contributed by atoms with E-state index in [1.807, 2.05) is 0 Å². The Kier molecular flexibility index (Phi) is 1.88. The second-order valence-electron chi connectivity index (χ2n) is 3.61. The first kappa shape index (κ1) is 8.44. The molecule has 0 spiro atoms. The van der Waals surface area contributed by atoms with Gasteiger partial charge in [-0.1, -0.05) is 6.92 Å². The fourth-order valence-electron chi connectivity index (χ4n) is 1.52. The predicted octanol–water partition coefficient (Wildman–Crippen LogP) is 0.0723. The van der Waals surface area contributed by atoms with E-state index in [2.05, 4.69) is 6.92 Å². The molecule has 3 rings (SSSR count). The third kappa shape index (κ3) is 1.07. The molecule has 0 unspecified atom stereocenters. The summed E-state index contributed by atoms with van der Waals surface area (Å²) in [5.74, 6) is -0.920. The van der Waals surface area contributed by atoms with Crippen molar-refractivity contribution in [3.8, 4) is 0 Å². The Balaban J connectivity index is 2.09. The standard InChI is InChI=1S/C8H15NO3/c1-2-7-4-10-8(3-9,11-5-7)12-6-7/h2-6,9H2,1H3. The number of fused-ring (bicyclic) bond motifs is 3. The van der Waals surface area contributed by atoms with Gasteiger partial charge in [0.1, 0.15) is 0 Å². The first-order valence-electron chi connectivity index (χ1n) is 4.36. The lowest BCUT2D eigenvalue weighted by Gasteiger charge is -2.51. The number of nitrogens with two attached hydrogens (primary N) is 1. The lowest BCUT2D eigenvalue weighted by atomic mass is 9.86. The molecule has 0 aliphatic carbocycles. The molecule has 0 atom stereocenters. The maximum Gasteiger partial charge on any atom is 0.296 e. The summed E-state index contributed by atoms with van der Waals surface area (Å²) in [4.78, 5) is 0. The van der Waals surface area contributed by atoms with Crippen molar-refractivity contribution in [2.24, 2.45) is 11.1 Å². The van der Waals surface area contributed by atoms with Gasteiger partial charge in [-0.2, -0.15) is 0 Å². The van der Waals surface area contributed by atoms with Gasteiger partial charge in [0.25, 0.3) is 5.97 Å². The number of rotatable bonds is 2. The van der Waals surface area contributed by atoms with Crippen LogP contribution < -0.4 is 5.73 Å². The van der Waals surface area contributed by atoms with Crippen LogP contribution in [0.3, 0.4) is 0 Å². The van der Waals surface area contributed by atoms with Crippen LogP contribution in [-0.2, 0) is 14.2 Å². The Morgan fingerprint density at radius 2 is 1.67 bits per heavy atom. The molecular weight excluding hydrogens is 158 g/mol. The van der Waals surface area contributed by atoms with E-state index in [1.54, 1.807) is 0 Å². The first-order chi connectivity index (χ1) is 5.74. The zero-order valence-electron chi connectivity index (χ0n) is 7.34. The van der Waals surface area contributed by atoms with Gasteiger partial charge in [0.05, 0.1) is 26.4 Å². The van der Waals surface area contributed by atoms with Gasteiger partial charge in [-0.3, -0.25) is 0 Å². The van der Waals surface area contributed by atoms with E-state index < -0.39 is 5.97 Å². The highest BCUT2D eigenvalue weighted by Gasteiger charge is 2.50. The molecule has 3 aliphatic rings. The van der Waals surface area contributed by atoms with Crippen LogP contribution in [0.15, 0.2) is 0 Å². The summed E-state index contributed by atoms with van der Waals surface area (Å²) in [6.45, 7) is 4.52. The molecule has 0 amide bonds. The van der Waals surface area contributed by atoms with E-state index in [4.69, 9.17) is 19.9 Å². The molecule has 0 aromatic rings. The third-order valence-electron chi connectivity index (χ3n) is 2.79. The highest BCUT2D eigenvalue weighted by atomic mass is 16.9. The SMILES string of the molecule is CCC12COC(CN)(OC1)OC2. The third-order valence-corrected chi connectivity index (χ3v) is 2.79. The molecule has 3 aliphatic heterocycles. The molecule has 2 N–H and O–H groups in total. The topological polar surface area (TPSA) is 53.7 Å². The summed E-state index contributed by atoms with van der Waals surface area (Å²) in [5, 5.41) is 0. The summed E-state index contributed by atoms with van der Waals surface area (Å²) in [5.41, 5.74) is 5.56. The molecule has 0 radical (unpaired) electrons. The van der Waals surface area contributed by atoms with Crippen molar-refractivity contribution in [1.82, 2.24) is 0 Å². The van der Waals surface area contributed by atoms with Gasteiger partial charge in [0.15, 0.2) is 0 Å². The van der Waals surface area contributed by atoms with Crippen molar-refractivity contribution in [2.45, 2.75) is 19.3 Å². The van der Waals surface area contributed by atoms with Crippen molar-refractivity contribution in [2.75, 3.05) is 26.4 Å². The molecule has 3 fully saturated rings. The van der Waals surface area contributed by atoms with E-state index in [9.17, 15) is 0 Å². The summed E-state index contributed by atoms with van der Waals surface area (Å²) in [7, 11) is 0. The second-order valence-corrected chi connectivity index (χ2v) is 3.61. The normalized spacial score (nSPS) is 46.5. The molecule has 12 heavy (non-hydrogen) atoms. The molecule has 3 heterocycles. The fourth-order valence-corrected chi connectivity index (χ4v) is 1.52. The lowest BCUT2D eigenvalue weighted by molar-refractivity contribution is -0.462. The smallest absolute Gasteiger partial charge is 0.296 e. The van der Waals surface area contributed by atoms with Gasteiger partial charge >= 0.3 is 0 Å². The minimum absolute atomic E-state index is 0.0803. The minimum atomic E-state index is -0.920. The van der Waals surface area contributed by atoms with Gasteiger partial charge < -0.3 is 19.9 Å². The second kappa shape index (κ2) is 2.67. The van der Waals surface area contributed by atoms with Crippen LogP contribution >= 0.6 is 0 Å². The zero-order valence-corrected chi connectivity index (χ0v) is 7.34. The summed E-state index contributed by atoms with van der Waals surface area (Å²) >= 11 is 0. The van der Waals surface area contributed by atoms with E-state index in [1.165, 1.54) is 0 Å². The molecule has 0 aromatic carbocycles. The fraction of sp³-hybridized carbons (Fsp3) is 1.00. The van der Waals surface area contributed by atoms with Crippen LogP contribution in [0.4, 0.5) is 0 Å². The van der Waals surface area contributed by atoms with Gasteiger partial charge in [0.2, 0.25) is 0 Å². The van der Waals surface area contributed by atoms with Crippen LogP contribution in [0.2, 0.25) is 0 Å². The number of ether oxygens (including phenoxy) is 3. The van der Waals surface area contributed by atoms with Gasteiger partial charge in [-0.05, 0) is 6.42 Å². The summed E-state index contributed by atoms with van der Waals surface area (Å²) in [6.07, 6.45) is 1.02. The molecule has 4 heteroatoms. The van der Waals surface area contributed by atoms with Gasteiger partial charge in [-0.15, -0.1) is 0 Å². The monoisotopic (exact) mass is 173 g/mol. The van der Waals surface area contributed by atoms with Crippen LogP contribution in [0, 0.1) is 5.41 Å². The van der Waals surface area contributed by atoms with E-state index in [0.717, 1.165) is 6.42 Å². The van der Waals surface area contributed by atoms with E-state index in [0.29, 0.717) is 19.8 Å². The quantitative estimate of drug-likeness (QED) is 0.642. The summed E-state index contributed by atoms with van der Waals surface area (Å²) < 4.78 is 16.3. The van der Waals surface area contributed by atoms with Crippen molar-refractivity contribution in [3.63, 3.8) is 0 Å². The summed E-state index contributed by atoms with van der Waals surface area (Å²) in [6, 6.07) is 0. The van der Waals surface area contributed by atoms with Crippen LogP contribution in [0.1, 0.15) is 13.3 Å². The average Bonchev–Trinajstić information content (AvgIpc) is 2.21. The Morgan fingerprint density at radius 3 is 2.00 bits per heavy atom. The van der Waals surface area contributed by atoms with Crippen molar-refractivity contribution < 1.29 is 14.2 Å². The lowest BCUT2D eigenvalue weighted by Crippen LogP contribution is -2.62. The molecule has 3 saturated heterocycles. The van der Waals surface area contributed by atoms with Crippen LogP contribution in [0.5, 0.6) is 0 Å². The molecular formula is C8H15NO3. The van der Waals surface area contributed by atoms with E-state index in [-0.39, 0.29) is 12.0 Å². The Bertz CT molecular complexity index is 139. The van der Waals surface area contributed by atoms with Crippen LogP contribution in [0.25, 0.3) is 0 Å². The van der Waals surface area contributed by atoms with Gasteiger partial charge in [-0.25, -0.2) is 0 Å². The maximum atomic E-state index is 5.48. The van der Waals surface area contributed by atoms with Crippen molar-refractivity contribution in [1.29, 1.82) is 0 Å². The molecule has 0 saturated carbocycles. The molecule has 4 nitrogen and oxygen atoms in total. The largest absolute Gasteiger partial charge is 0.326 e. The molecule has 70 valence electrons. The zero-order chi connectivity index (χ0) is 8.66.